The maximum absolute atomic E-state index is 10.9. The van der Waals surface area contributed by atoms with E-state index in [0.29, 0.717) is 5.82 Å². The summed E-state index contributed by atoms with van der Waals surface area (Å²) in [5.41, 5.74) is 0. The molecule has 0 amide bonds. The molecule has 0 aromatic carbocycles. The Bertz CT molecular complexity index is 505. The van der Waals surface area contributed by atoms with Crippen molar-refractivity contribution in [2.24, 2.45) is 0 Å². The van der Waals surface area contributed by atoms with Crippen molar-refractivity contribution in [2.45, 2.75) is 19.6 Å². The van der Waals surface area contributed by atoms with Crippen LogP contribution in [0.3, 0.4) is 0 Å². The van der Waals surface area contributed by atoms with E-state index in [1.165, 1.54) is 4.57 Å². The predicted octanol–water partition coefficient (Wildman–Crippen LogP) is -3.01. The van der Waals surface area contributed by atoms with Gasteiger partial charge in [0.1, 0.15) is 18.8 Å². The number of nitro groups is 1. The third kappa shape index (κ3) is 3.39. The molecule has 1 aromatic rings. The van der Waals surface area contributed by atoms with Crippen LogP contribution in [0.2, 0.25) is 0 Å². The van der Waals surface area contributed by atoms with E-state index in [-0.39, 0.29) is 48.5 Å². The van der Waals surface area contributed by atoms with Crippen LogP contribution in [0.1, 0.15) is 5.82 Å². The average molecular weight is 285 g/mol. The number of aromatic nitrogens is 2. The third-order valence-corrected chi connectivity index (χ3v) is 3.33. The first-order valence-electron chi connectivity index (χ1n) is 4.69. The van der Waals surface area contributed by atoms with E-state index in [1.807, 2.05) is 0 Å². The molecule has 2 atom stereocenters. The molecule has 1 aliphatic heterocycles. The van der Waals surface area contributed by atoms with Gasteiger partial charge in [-0.25, -0.2) is 9.55 Å². The van der Waals surface area contributed by atoms with Crippen molar-refractivity contribution in [3.05, 3.63) is 22.1 Å². The minimum absolute atomic E-state index is 0. The molecule has 0 N–H and O–H groups in total. The van der Waals surface area contributed by atoms with Crippen molar-refractivity contribution in [2.75, 3.05) is 6.61 Å². The van der Waals surface area contributed by atoms with E-state index < -0.39 is 18.8 Å². The summed E-state index contributed by atoms with van der Waals surface area (Å²) < 4.78 is 21.2. The zero-order valence-corrected chi connectivity index (χ0v) is 12.7. The quantitative estimate of drug-likeness (QED) is 0.251. The van der Waals surface area contributed by atoms with Gasteiger partial charge in [-0.3, -0.25) is 4.57 Å². The second-order valence-corrected chi connectivity index (χ2v) is 4.87. The van der Waals surface area contributed by atoms with Crippen molar-refractivity contribution in [1.29, 1.82) is 0 Å². The first-order valence-corrected chi connectivity index (χ1v) is 6.15. The number of nitrogens with zero attached hydrogens (tertiary/aromatic N) is 3. The average Bonchev–Trinajstić information content (AvgIpc) is 2.72. The molecule has 0 saturated carbocycles. The molecular weight excluding hydrogens is 276 g/mol. The summed E-state index contributed by atoms with van der Waals surface area (Å²) in [5, 5.41) is 10.7. The Balaban J connectivity index is 0.00000162. The summed E-state index contributed by atoms with van der Waals surface area (Å²) in [6.07, 6.45) is 0.354. The van der Waals surface area contributed by atoms with Gasteiger partial charge >= 0.3 is 35.4 Å². The molecule has 94 valence electrons. The number of phosphoric acid groups is 1. The fraction of sp³-hybridized carbons (Fsp3) is 0.571. The zero-order chi connectivity index (χ0) is 12.6. The van der Waals surface area contributed by atoms with Gasteiger partial charge in [0.25, 0.3) is 7.82 Å². The van der Waals surface area contributed by atoms with Gasteiger partial charge in [-0.1, -0.05) is 0 Å². The Morgan fingerprint density at radius 3 is 2.89 bits per heavy atom. The van der Waals surface area contributed by atoms with Gasteiger partial charge in [0.2, 0.25) is 0 Å². The first-order chi connectivity index (χ1) is 7.89. The topological polar surface area (TPSA) is 120 Å². The van der Waals surface area contributed by atoms with E-state index in [4.69, 9.17) is 0 Å². The second kappa shape index (κ2) is 5.79. The minimum Gasteiger partial charge on any atom is -0.756 e. The summed E-state index contributed by atoms with van der Waals surface area (Å²) in [7, 11) is -4.23. The van der Waals surface area contributed by atoms with Crippen LogP contribution in [0, 0.1) is 17.0 Å². The van der Waals surface area contributed by atoms with Crippen LogP contribution in [0.5, 0.6) is 0 Å². The number of imidazole rings is 1. The summed E-state index contributed by atoms with van der Waals surface area (Å²) >= 11 is 0. The number of hydrogen-bond donors (Lipinski definition) is 0. The molecular formula is C7H9N3NaO6P. The van der Waals surface area contributed by atoms with Gasteiger partial charge < -0.3 is 24.1 Å². The molecule has 18 heavy (non-hydrogen) atoms. The first kappa shape index (κ1) is 15.8. The SMILES string of the molecule is Cc1ncc([N+](=O)[O-])n1C[C@@H]1COP(=O)([O-])O1.[Na+]. The zero-order valence-electron chi connectivity index (χ0n) is 9.81. The largest absolute Gasteiger partial charge is 1.00 e. The van der Waals surface area contributed by atoms with Crippen molar-refractivity contribution in [1.82, 2.24) is 9.55 Å². The van der Waals surface area contributed by atoms with Gasteiger partial charge in [0.05, 0.1) is 6.61 Å². The summed E-state index contributed by atoms with van der Waals surface area (Å²) in [6.45, 7) is 1.45. The maximum atomic E-state index is 10.9. The standard InChI is InChI=1S/C7H10N3O6P.Na/c1-5-8-2-7(10(11)12)9(5)3-6-4-15-17(13,14)16-6;/h2,6H,3-4H2,1H3,(H,13,14);/q;+1/p-1/t6-;/m1./s1. The van der Waals surface area contributed by atoms with E-state index in [9.17, 15) is 19.6 Å². The van der Waals surface area contributed by atoms with Crippen LogP contribution in [0.4, 0.5) is 5.82 Å². The number of aryl methyl sites for hydroxylation is 1. The smallest absolute Gasteiger partial charge is 0.756 e. The number of rotatable bonds is 3. The van der Waals surface area contributed by atoms with Gasteiger partial charge in [-0.05, 0) is 4.92 Å². The Morgan fingerprint density at radius 1 is 1.72 bits per heavy atom. The van der Waals surface area contributed by atoms with Crippen LogP contribution < -0.4 is 34.5 Å². The molecule has 0 aliphatic carbocycles. The van der Waals surface area contributed by atoms with Crippen molar-refractivity contribution in [3.8, 4) is 0 Å². The maximum Gasteiger partial charge on any atom is 1.00 e. The van der Waals surface area contributed by atoms with E-state index in [1.54, 1.807) is 6.92 Å². The normalized spacial score (nSPS) is 26.9. The van der Waals surface area contributed by atoms with Crippen LogP contribution in [0.15, 0.2) is 6.20 Å². The molecule has 1 unspecified atom stereocenters. The Hall–Kier alpha value is -0.280. The fourth-order valence-electron chi connectivity index (χ4n) is 1.54. The Labute approximate surface area is 124 Å². The number of hydrogen-bond acceptors (Lipinski definition) is 7. The third-order valence-electron chi connectivity index (χ3n) is 2.30. The fourth-order valence-corrected chi connectivity index (χ4v) is 2.44. The molecule has 2 rings (SSSR count). The van der Waals surface area contributed by atoms with Crippen LogP contribution in [-0.2, 0) is 20.2 Å². The molecule has 1 saturated heterocycles. The van der Waals surface area contributed by atoms with Gasteiger partial charge in [0, 0.05) is 6.92 Å². The molecule has 0 spiro atoms. The number of phosphoric ester groups is 1. The molecule has 11 heteroatoms. The van der Waals surface area contributed by atoms with Crippen molar-refractivity contribution < 1.29 is 53.0 Å². The second-order valence-electron chi connectivity index (χ2n) is 3.50. The van der Waals surface area contributed by atoms with Crippen molar-refractivity contribution in [3.63, 3.8) is 0 Å². The molecule has 2 heterocycles. The van der Waals surface area contributed by atoms with Crippen LogP contribution in [-0.4, -0.2) is 27.2 Å². The van der Waals surface area contributed by atoms with E-state index in [0.717, 1.165) is 6.20 Å². The molecule has 1 fully saturated rings. The summed E-state index contributed by atoms with van der Waals surface area (Å²) in [5.74, 6) is 0.201. The van der Waals surface area contributed by atoms with E-state index >= 15 is 0 Å². The van der Waals surface area contributed by atoms with Gasteiger partial charge in [-0.2, -0.15) is 0 Å². The van der Waals surface area contributed by atoms with Gasteiger partial charge in [-0.15, -0.1) is 0 Å². The molecule has 9 nitrogen and oxygen atoms in total. The van der Waals surface area contributed by atoms with E-state index in [2.05, 4.69) is 14.0 Å². The monoisotopic (exact) mass is 285 g/mol. The van der Waals surface area contributed by atoms with Gasteiger partial charge in [0.15, 0.2) is 5.82 Å². The van der Waals surface area contributed by atoms with Crippen LogP contribution >= 0.6 is 7.82 Å². The molecule has 0 radical (unpaired) electrons. The molecule has 1 aromatic heterocycles. The summed E-state index contributed by atoms with van der Waals surface area (Å²) in [6, 6.07) is 0. The van der Waals surface area contributed by atoms with Crippen LogP contribution in [0.25, 0.3) is 0 Å². The predicted molar refractivity (Wildman–Crippen MR) is 52.0 cm³/mol. The molecule has 1 aliphatic rings. The summed E-state index contributed by atoms with van der Waals surface area (Å²) in [4.78, 5) is 24.8. The van der Waals surface area contributed by atoms with Crippen molar-refractivity contribution >= 4 is 13.6 Å². The minimum atomic E-state index is -4.23. The Kier molecular flexibility index (Phi) is 5.07. The Morgan fingerprint density at radius 2 is 2.39 bits per heavy atom. The molecule has 0 bridgehead atoms.